The number of rotatable bonds is 0. The molecule has 3 heteroatoms. The van der Waals surface area contributed by atoms with Crippen LogP contribution in [-0.4, -0.2) is 5.11 Å². The van der Waals surface area contributed by atoms with Crippen LogP contribution in [0.2, 0.25) is 5.02 Å². The van der Waals surface area contributed by atoms with E-state index in [-0.39, 0.29) is 0 Å². The molecule has 0 saturated carbocycles. The zero-order valence-electron chi connectivity index (χ0n) is 11.9. The molecule has 0 amide bonds. The number of halogens is 1. The lowest BCUT2D eigenvalue weighted by Crippen LogP contribution is -2.27. The first-order chi connectivity index (χ1) is 9.91. The Hall–Kier alpha value is -1.79. The van der Waals surface area contributed by atoms with Crippen molar-refractivity contribution in [3.8, 4) is 11.8 Å². The lowest BCUT2D eigenvalue weighted by Gasteiger charge is -2.22. The monoisotopic (exact) mass is 298 g/mol. The molecule has 0 bridgehead atoms. The number of aliphatic hydroxyl groups is 1. The van der Waals surface area contributed by atoms with Crippen molar-refractivity contribution < 1.29 is 9.84 Å². The first-order valence-corrected chi connectivity index (χ1v) is 7.10. The van der Waals surface area contributed by atoms with Crippen molar-refractivity contribution in [1.29, 1.82) is 0 Å². The zero-order chi connectivity index (χ0) is 15.1. The van der Waals surface area contributed by atoms with Crippen molar-refractivity contribution in [3.63, 3.8) is 0 Å². The van der Waals surface area contributed by atoms with Gasteiger partial charge in [-0.2, -0.15) is 0 Å². The zero-order valence-corrected chi connectivity index (χ0v) is 12.6. The van der Waals surface area contributed by atoms with Gasteiger partial charge < -0.3 is 9.84 Å². The lowest BCUT2D eigenvalue weighted by atomic mass is 9.94. The number of ether oxygens (including phenoxy) is 1. The van der Waals surface area contributed by atoms with Gasteiger partial charge in [-0.3, -0.25) is 0 Å². The fourth-order valence-electron chi connectivity index (χ4n) is 2.57. The van der Waals surface area contributed by atoms with E-state index in [1.807, 2.05) is 50.2 Å². The van der Waals surface area contributed by atoms with E-state index in [1.165, 1.54) is 0 Å². The van der Waals surface area contributed by atoms with Crippen LogP contribution in [0.15, 0.2) is 48.5 Å². The Balaban J connectivity index is 2.02. The van der Waals surface area contributed by atoms with Gasteiger partial charge in [-0.15, -0.1) is 0 Å². The molecule has 1 aliphatic heterocycles. The van der Waals surface area contributed by atoms with Crippen LogP contribution in [0.5, 0.6) is 0 Å². The third-order valence-corrected chi connectivity index (χ3v) is 3.82. The highest BCUT2D eigenvalue weighted by Crippen LogP contribution is 2.45. The summed E-state index contributed by atoms with van der Waals surface area (Å²) in [6, 6.07) is 14.8. The molecule has 21 heavy (non-hydrogen) atoms. The maximum atomic E-state index is 10.8. The van der Waals surface area contributed by atoms with Crippen molar-refractivity contribution in [2.75, 3.05) is 0 Å². The van der Waals surface area contributed by atoms with E-state index in [0.717, 1.165) is 11.1 Å². The molecular formula is C18H15ClO2. The Kier molecular flexibility index (Phi) is 3.30. The first kappa shape index (κ1) is 14.2. The van der Waals surface area contributed by atoms with E-state index < -0.39 is 11.4 Å². The summed E-state index contributed by atoms with van der Waals surface area (Å²) in [5.74, 6) is 4.21. The van der Waals surface area contributed by atoms with Crippen LogP contribution in [0.25, 0.3) is 0 Å². The summed E-state index contributed by atoms with van der Waals surface area (Å²) in [5.41, 5.74) is 1.87. The minimum absolute atomic E-state index is 0.569. The average molecular weight is 299 g/mol. The second kappa shape index (κ2) is 4.89. The van der Waals surface area contributed by atoms with Crippen LogP contribution >= 0.6 is 11.6 Å². The van der Waals surface area contributed by atoms with Crippen LogP contribution in [0, 0.1) is 11.8 Å². The lowest BCUT2D eigenvalue weighted by molar-refractivity contribution is -0.210. The fraction of sp³-hybridized carbons (Fsp3) is 0.222. The summed E-state index contributed by atoms with van der Waals surface area (Å²) in [4.78, 5) is 0. The summed E-state index contributed by atoms with van der Waals surface area (Å²) in [7, 11) is 0. The molecule has 2 aromatic rings. The fourth-order valence-corrected chi connectivity index (χ4v) is 2.69. The van der Waals surface area contributed by atoms with E-state index in [4.69, 9.17) is 16.3 Å². The third kappa shape index (κ3) is 2.56. The number of fused-ring (bicyclic) bond motifs is 1. The van der Waals surface area contributed by atoms with E-state index in [1.54, 1.807) is 12.1 Å². The van der Waals surface area contributed by atoms with Gasteiger partial charge in [-0.05, 0) is 49.6 Å². The van der Waals surface area contributed by atoms with Gasteiger partial charge in [0, 0.05) is 16.1 Å². The van der Waals surface area contributed by atoms with Crippen molar-refractivity contribution in [2.45, 2.75) is 25.2 Å². The van der Waals surface area contributed by atoms with Crippen molar-refractivity contribution in [3.05, 3.63) is 70.2 Å². The maximum absolute atomic E-state index is 10.8. The maximum Gasteiger partial charge on any atom is 0.260 e. The molecule has 2 nitrogen and oxygen atoms in total. The third-order valence-electron chi connectivity index (χ3n) is 3.56. The average Bonchev–Trinajstić information content (AvgIpc) is 2.67. The minimum atomic E-state index is -1.58. The molecule has 0 saturated heterocycles. The van der Waals surface area contributed by atoms with Gasteiger partial charge in [-0.25, -0.2) is 0 Å². The summed E-state index contributed by atoms with van der Waals surface area (Å²) in [5, 5.41) is 11.4. The molecule has 1 heterocycles. The number of hydrogen-bond donors (Lipinski definition) is 1. The van der Waals surface area contributed by atoms with Gasteiger partial charge in [0.25, 0.3) is 5.79 Å². The smallest absolute Gasteiger partial charge is 0.260 e. The molecule has 1 N–H and O–H groups in total. The predicted molar refractivity (Wildman–Crippen MR) is 82.8 cm³/mol. The number of benzene rings is 2. The summed E-state index contributed by atoms with van der Waals surface area (Å²) < 4.78 is 5.81. The van der Waals surface area contributed by atoms with Crippen LogP contribution in [-0.2, 0) is 16.1 Å². The van der Waals surface area contributed by atoms with Crippen molar-refractivity contribution in [1.82, 2.24) is 0 Å². The van der Waals surface area contributed by atoms with Gasteiger partial charge in [0.15, 0.2) is 0 Å². The molecule has 1 unspecified atom stereocenters. The highest BCUT2D eigenvalue weighted by molar-refractivity contribution is 6.30. The van der Waals surface area contributed by atoms with Gasteiger partial charge >= 0.3 is 0 Å². The van der Waals surface area contributed by atoms with E-state index in [0.29, 0.717) is 10.6 Å². The van der Waals surface area contributed by atoms with E-state index in [9.17, 15) is 5.11 Å². The molecule has 0 aliphatic carbocycles. The summed E-state index contributed by atoms with van der Waals surface area (Å²) in [6.07, 6.45) is 0. The van der Waals surface area contributed by atoms with Crippen LogP contribution < -0.4 is 0 Å². The standard InChI is InChI=1S/C18H15ClO2/c1-17(2)15-5-3-4-6-16(15)18(20,21-17)12-11-13-7-9-14(19)10-8-13/h3-10,20H,1-2H3. The van der Waals surface area contributed by atoms with Crippen molar-refractivity contribution >= 4 is 11.6 Å². The van der Waals surface area contributed by atoms with Crippen molar-refractivity contribution in [2.24, 2.45) is 0 Å². The Morgan fingerprint density at radius 1 is 1.00 bits per heavy atom. The molecule has 1 aliphatic rings. The predicted octanol–water partition coefficient (Wildman–Crippen LogP) is 3.80. The minimum Gasteiger partial charge on any atom is -0.352 e. The number of hydrogen-bond acceptors (Lipinski definition) is 2. The molecule has 3 rings (SSSR count). The molecule has 2 aromatic carbocycles. The molecule has 106 valence electrons. The van der Waals surface area contributed by atoms with E-state index >= 15 is 0 Å². The Labute approximate surface area is 129 Å². The van der Waals surface area contributed by atoms with E-state index in [2.05, 4.69) is 11.8 Å². The Bertz CT molecular complexity index is 738. The first-order valence-electron chi connectivity index (χ1n) is 6.72. The second-order valence-corrected chi connectivity index (χ2v) is 6.00. The Morgan fingerprint density at radius 2 is 1.62 bits per heavy atom. The second-order valence-electron chi connectivity index (χ2n) is 5.56. The molecular weight excluding hydrogens is 284 g/mol. The van der Waals surface area contributed by atoms with Crippen LogP contribution in [0.1, 0.15) is 30.5 Å². The molecule has 0 radical (unpaired) electrons. The largest absolute Gasteiger partial charge is 0.352 e. The topological polar surface area (TPSA) is 29.5 Å². The van der Waals surface area contributed by atoms with Crippen LogP contribution in [0.3, 0.4) is 0 Å². The normalized spacial score (nSPS) is 22.3. The van der Waals surface area contributed by atoms with Crippen LogP contribution in [0.4, 0.5) is 0 Å². The summed E-state index contributed by atoms with van der Waals surface area (Å²) >= 11 is 5.85. The van der Waals surface area contributed by atoms with Gasteiger partial charge in [0.1, 0.15) is 0 Å². The van der Waals surface area contributed by atoms with Gasteiger partial charge in [-0.1, -0.05) is 41.8 Å². The molecule has 1 atom stereocenters. The Morgan fingerprint density at radius 3 is 2.29 bits per heavy atom. The quantitative estimate of drug-likeness (QED) is 0.750. The highest BCUT2D eigenvalue weighted by atomic mass is 35.5. The molecule has 0 spiro atoms. The van der Waals surface area contributed by atoms with Gasteiger partial charge in [0.2, 0.25) is 0 Å². The SMILES string of the molecule is CC1(C)OC(O)(C#Cc2ccc(Cl)cc2)c2ccccc21. The highest BCUT2D eigenvalue weighted by Gasteiger charge is 2.46. The molecule has 0 fully saturated rings. The summed E-state index contributed by atoms with van der Waals surface area (Å²) in [6.45, 7) is 3.85. The molecule has 0 aromatic heterocycles. The van der Waals surface area contributed by atoms with Gasteiger partial charge in [0.05, 0.1) is 5.60 Å².